The molecule has 0 atom stereocenters. The number of non-ortho nitro benzene ring substituents is 1. The lowest BCUT2D eigenvalue weighted by Crippen LogP contribution is -2.48. The molecular weight excluding hydrogens is 437 g/mol. The molecular formula is C16H26IN5O3. The molecule has 0 saturated heterocycles. The minimum absolute atomic E-state index is 0. The molecule has 2 N–H and O–H groups in total. The number of carbonyl (C=O) groups excluding carboxylic acids is 1. The highest BCUT2D eigenvalue weighted by molar-refractivity contribution is 14.0. The molecule has 0 radical (unpaired) electrons. The number of nitrogens with one attached hydrogen (secondary N) is 2. The second-order valence-corrected chi connectivity index (χ2v) is 6.48. The van der Waals surface area contributed by atoms with Gasteiger partial charge in [0.2, 0.25) is 5.91 Å². The fourth-order valence-corrected chi connectivity index (χ4v) is 2.09. The number of likely N-dealkylation sites (N-methyl/N-ethyl adjacent to an activating group) is 1. The van der Waals surface area contributed by atoms with Crippen LogP contribution in [0.4, 0.5) is 5.69 Å². The molecule has 0 aliphatic carbocycles. The van der Waals surface area contributed by atoms with Gasteiger partial charge in [-0.15, -0.1) is 24.0 Å². The van der Waals surface area contributed by atoms with E-state index in [1.165, 1.54) is 12.1 Å². The lowest BCUT2D eigenvalue weighted by Gasteiger charge is -2.25. The van der Waals surface area contributed by atoms with Crippen molar-refractivity contribution in [1.29, 1.82) is 0 Å². The molecule has 9 heteroatoms. The Morgan fingerprint density at radius 1 is 1.36 bits per heavy atom. The van der Waals surface area contributed by atoms with Crippen molar-refractivity contribution in [2.45, 2.75) is 32.9 Å². The van der Waals surface area contributed by atoms with Crippen molar-refractivity contribution < 1.29 is 9.72 Å². The molecule has 0 heterocycles. The van der Waals surface area contributed by atoms with E-state index in [9.17, 15) is 14.9 Å². The zero-order valence-corrected chi connectivity index (χ0v) is 17.5. The molecule has 0 aliphatic rings. The lowest BCUT2D eigenvalue weighted by atomic mass is 10.1. The number of nitrogens with zero attached hydrogens (tertiary/aromatic N) is 3. The summed E-state index contributed by atoms with van der Waals surface area (Å²) in [5, 5.41) is 16.8. The predicted octanol–water partition coefficient (Wildman–Crippen LogP) is 2.13. The lowest BCUT2D eigenvalue weighted by molar-refractivity contribution is -0.384. The number of benzene rings is 1. The van der Waals surface area contributed by atoms with E-state index in [0.29, 0.717) is 12.5 Å². The first-order valence-electron chi connectivity index (χ1n) is 7.58. The van der Waals surface area contributed by atoms with E-state index in [2.05, 4.69) is 15.6 Å². The van der Waals surface area contributed by atoms with Crippen molar-refractivity contribution >= 4 is 41.5 Å². The standard InChI is InChI=1S/C16H25N5O3.HI/c1-16(2,3)19-14(22)11-20(5)15(17-4)18-10-12-7-6-8-13(9-12)21(23)24;/h6-9H,10-11H2,1-5H3,(H,17,18)(H,19,22);1H. The number of halogens is 1. The van der Waals surface area contributed by atoms with Crippen LogP contribution in [0.2, 0.25) is 0 Å². The molecule has 0 saturated carbocycles. The number of carbonyl (C=O) groups is 1. The van der Waals surface area contributed by atoms with Crippen LogP contribution in [-0.4, -0.2) is 47.9 Å². The van der Waals surface area contributed by atoms with Gasteiger partial charge in [-0.1, -0.05) is 12.1 Å². The third-order valence-corrected chi connectivity index (χ3v) is 3.04. The van der Waals surface area contributed by atoms with Crippen LogP contribution in [0.1, 0.15) is 26.3 Å². The maximum Gasteiger partial charge on any atom is 0.269 e. The van der Waals surface area contributed by atoms with Crippen LogP contribution >= 0.6 is 24.0 Å². The summed E-state index contributed by atoms with van der Waals surface area (Å²) in [4.78, 5) is 28.2. The van der Waals surface area contributed by atoms with Crippen molar-refractivity contribution in [3.63, 3.8) is 0 Å². The van der Waals surface area contributed by atoms with Crippen LogP contribution in [0, 0.1) is 10.1 Å². The molecule has 25 heavy (non-hydrogen) atoms. The molecule has 1 rings (SSSR count). The quantitative estimate of drug-likeness (QED) is 0.229. The fraction of sp³-hybridized carbons (Fsp3) is 0.500. The number of rotatable bonds is 5. The van der Waals surface area contributed by atoms with Gasteiger partial charge in [0.1, 0.15) is 0 Å². The minimum atomic E-state index is -0.429. The van der Waals surface area contributed by atoms with Gasteiger partial charge in [0.15, 0.2) is 5.96 Å². The molecule has 0 aromatic heterocycles. The molecule has 0 fully saturated rings. The minimum Gasteiger partial charge on any atom is -0.352 e. The molecule has 1 aromatic rings. The highest BCUT2D eigenvalue weighted by atomic mass is 127. The van der Waals surface area contributed by atoms with Gasteiger partial charge in [-0.05, 0) is 26.3 Å². The summed E-state index contributed by atoms with van der Waals surface area (Å²) in [6.07, 6.45) is 0. The number of hydrogen-bond acceptors (Lipinski definition) is 4. The molecule has 0 bridgehead atoms. The van der Waals surface area contributed by atoms with Gasteiger partial charge in [0.05, 0.1) is 11.5 Å². The monoisotopic (exact) mass is 463 g/mol. The third-order valence-electron chi connectivity index (χ3n) is 3.04. The average molecular weight is 463 g/mol. The summed E-state index contributed by atoms with van der Waals surface area (Å²) >= 11 is 0. The summed E-state index contributed by atoms with van der Waals surface area (Å²) in [6, 6.07) is 6.38. The Morgan fingerprint density at radius 3 is 2.52 bits per heavy atom. The number of hydrogen-bond donors (Lipinski definition) is 2. The van der Waals surface area contributed by atoms with Gasteiger partial charge in [0.25, 0.3) is 5.69 Å². The van der Waals surface area contributed by atoms with Crippen LogP contribution in [0.15, 0.2) is 29.3 Å². The third kappa shape index (κ3) is 8.66. The van der Waals surface area contributed by atoms with E-state index in [-0.39, 0.29) is 47.7 Å². The Kier molecular flexibility index (Phi) is 9.39. The van der Waals surface area contributed by atoms with Crippen molar-refractivity contribution in [1.82, 2.24) is 15.5 Å². The normalized spacial score (nSPS) is 11.3. The summed E-state index contributed by atoms with van der Waals surface area (Å²) < 4.78 is 0. The van der Waals surface area contributed by atoms with Gasteiger partial charge < -0.3 is 15.5 Å². The first-order valence-corrected chi connectivity index (χ1v) is 7.58. The van der Waals surface area contributed by atoms with Crippen LogP contribution in [0.25, 0.3) is 0 Å². The summed E-state index contributed by atoms with van der Waals surface area (Å²) in [6.45, 7) is 6.28. The number of nitro benzene ring substituents is 1. The summed E-state index contributed by atoms with van der Waals surface area (Å²) in [7, 11) is 3.37. The van der Waals surface area contributed by atoms with E-state index >= 15 is 0 Å². The van der Waals surface area contributed by atoms with Crippen molar-refractivity contribution in [3.8, 4) is 0 Å². The highest BCUT2D eigenvalue weighted by Gasteiger charge is 2.16. The molecule has 0 spiro atoms. The molecule has 8 nitrogen and oxygen atoms in total. The van der Waals surface area contributed by atoms with Crippen LogP contribution < -0.4 is 10.6 Å². The van der Waals surface area contributed by atoms with Crippen LogP contribution in [0.3, 0.4) is 0 Å². The van der Waals surface area contributed by atoms with Gasteiger partial charge in [-0.25, -0.2) is 0 Å². The maximum atomic E-state index is 12.0. The first kappa shape index (κ1) is 23.1. The van der Waals surface area contributed by atoms with Crippen LogP contribution in [-0.2, 0) is 11.3 Å². The Labute approximate surface area is 165 Å². The first-order chi connectivity index (χ1) is 11.1. The smallest absolute Gasteiger partial charge is 0.269 e. The van der Waals surface area contributed by atoms with Gasteiger partial charge in [-0.3, -0.25) is 19.9 Å². The zero-order chi connectivity index (χ0) is 18.3. The van der Waals surface area contributed by atoms with E-state index in [1.807, 2.05) is 20.8 Å². The number of nitro groups is 1. The topological polar surface area (TPSA) is 99.9 Å². The number of guanidine groups is 1. The number of amides is 1. The largest absolute Gasteiger partial charge is 0.352 e. The molecule has 1 aromatic carbocycles. The van der Waals surface area contributed by atoms with Crippen molar-refractivity contribution in [2.24, 2.45) is 4.99 Å². The van der Waals surface area contributed by atoms with E-state index < -0.39 is 4.92 Å². The van der Waals surface area contributed by atoms with E-state index in [0.717, 1.165) is 5.56 Å². The van der Waals surface area contributed by atoms with Gasteiger partial charge in [-0.2, -0.15) is 0 Å². The van der Waals surface area contributed by atoms with Gasteiger partial charge >= 0.3 is 0 Å². The van der Waals surface area contributed by atoms with Gasteiger partial charge in [0, 0.05) is 38.3 Å². The molecule has 0 aliphatic heterocycles. The Hall–Kier alpha value is -1.91. The van der Waals surface area contributed by atoms with E-state index in [4.69, 9.17) is 0 Å². The Morgan fingerprint density at radius 2 is 2.00 bits per heavy atom. The van der Waals surface area contributed by atoms with Crippen molar-refractivity contribution in [2.75, 3.05) is 20.6 Å². The Bertz CT molecular complexity index is 628. The zero-order valence-electron chi connectivity index (χ0n) is 15.2. The molecule has 0 unspecified atom stereocenters. The highest BCUT2D eigenvalue weighted by Crippen LogP contribution is 2.12. The number of aliphatic imine (C=N–C) groups is 1. The molecule has 140 valence electrons. The second kappa shape index (κ2) is 10.2. The summed E-state index contributed by atoms with van der Waals surface area (Å²) in [5.41, 5.74) is 0.512. The van der Waals surface area contributed by atoms with Crippen molar-refractivity contribution in [3.05, 3.63) is 39.9 Å². The maximum absolute atomic E-state index is 12.0. The predicted molar refractivity (Wildman–Crippen MR) is 109 cm³/mol. The van der Waals surface area contributed by atoms with E-state index in [1.54, 1.807) is 31.1 Å². The molecule has 1 amide bonds. The average Bonchev–Trinajstić information content (AvgIpc) is 2.46. The second-order valence-electron chi connectivity index (χ2n) is 6.48. The Balaban J connectivity index is 0.00000576. The van der Waals surface area contributed by atoms with Crippen LogP contribution in [0.5, 0.6) is 0 Å². The summed E-state index contributed by atoms with van der Waals surface area (Å²) in [5.74, 6) is 0.425. The SMILES string of the molecule is CN=C(NCc1cccc([N+](=O)[O-])c1)N(C)CC(=O)NC(C)(C)C.I. The fourth-order valence-electron chi connectivity index (χ4n) is 2.09.